The molecule has 3 aromatic rings. The molecule has 20 heavy (non-hydrogen) atoms. The minimum Gasteiger partial charge on any atom is -0.497 e. The van der Waals surface area contributed by atoms with Crippen molar-refractivity contribution in [2.75, 3.05) is 7.11 Å². The maximum absolute atomic E-state index is 13.8. The number of hydrogen-bond donors (Lipinski definition) is 0. The summed E-state index contributed by atoms with van der Waals surface area (Å²) in [4.78, 5) is 8.48. The van der Waals surface area contributed by atoms with Crippen LogP contribution in [-0.4, -0.2) is 17.1 Å². The van der Waals surface area contributed by atoms with E-state index in [9.17, 15) is 4.39 Å². The van der Waals surface area contributed by atoms with E-state index in [1.807, 2.05) is 18.2 Å². The first-order chi connectivity index (χ1) is 9.69. The first-order valence-electron chi connectivity index (χ1n) is 5.95. The predicted molar refractivity (Wildman–Crippen MR) is 76.5 cm³/mol. The van der Waals surface area contributed by atoms with Crippen molar-refractivity contribution < 1.29 is 9.13 Å². The Balaban J connectivity index is 2.24. The number of aromatic nitrogens is 2. The van der Waals surface area contributed by atoms with Crippen molar-refractivity contribution in [2.45, 2.75) is 0 Å². The highest BCUT2D eigenvalue weighted by atomic mass is 35.5. The zero-order chi connectivity index (χ0) is 14.1. The van der Waals surface area contributed by atoms with Crippen LogP contribution in [0.25, 0.3) is 22.3 Å². The number of benzene rings is 2. The standard InChI is InChI=1S/C15H10ClFN2O/c1-20-10-5-2-4-9(8-10)15-18-13-11(14(16)19-15)6-3-7-12(13)17/h2-8H,1H3. The third-order valence-corrected chi connectivity index (χ3v) is 3.25. The minimum atomic E-state index is -0.420. The molecule has 100 valence electrons. The van der Waals surface area contributed by atoms with Gasteiger partial charge in [0.15, 0.2) is 5.82 Å². The Kier molecular flexibility index (Phi) is 3.24. The summed E-state index contributed by atoms with van der Waals surface area (Å²) in [5.74, 6) is 0.623. The molecule has 0 N–H and O–H groups in total. The lowest BCUT2D eigenvalue weighted by Crippen LogP contribution is -1.94. The van der Waals surface area contributed by atoms with Crippen LogP contribution >= 0.6 is 11.6 Å². The Morgan fingerprint density at radius 1 is 1.10 bits per heavy atom. The van der Waals surface area contributed by atoms with E-state index in [4.69, 9.17) is 16.3 Å². The molecule has 0 amide bonds. The van der Waals surface area contributed by atoms with E-state index in [-0.39, 0.29) is 10.7 Å². The number of methoxy groups -OCH3 is 1. The lowest BCUT2D eigenvalue weighted by Gasteiger charge is -2.06. The number of ether oxygens (including phenoxy) is 1. The van der Waals surface area contributed by atoms with Gasteiger partial charge in [0.05, 0.1) is 7.11 Å². The Morgan fingerprint density at radius 2 is 1.90 bits per heavy atom. The summed E-state index contributed by atoms with van der Waals surface area (Å²) < 4.78 is 19.0. The first kappa shape index (κ1) is 12.8. The fourth-order valence-corrected chi connectivity index (χ4v) is 2.20. The molecule has 0 spiro atoms. The summed E-state index contributed by atoms with van der Waals surface area (Å²) in [5, 5.41) is 0.727. The average Bonchev–Trinajstić information content (AvgIpc) is 2.48. The second kappa shape index (κ2) is 5.06. The number of nitrogens with zero attached hydrogens (tertiary/aromatic N) is 2. The van der Waals surface area contributed by atoms with Crippen LogP contribution in [0.3, 0.4) is 0 Å². The van der Waals surface area contributed by atoms with Gasteiger partial charge in [0.25, 0.3) is 0 Å². The molecule has 3 rings (SSSR count). The average molecular weight is 289 g/mol. The van der Waals surface area contributed by atoms with Crippen molar-refractivity contribution >= 4 is 22.5 Å². The lowest BCUT2D eigenvalue weighted by atomic mass is 10.2. The minimum absolute atomic E-state index is 0.213. The molecule has 1 heterocycles. The molecule has 0 unspecified atom stereocenters. The zero-order valence-electron chi connectivity index (χ0n) is 10.6. The third kappa shape index (κ3) is 2.18. The van der Waals surface area contributed by atoms with Crippen LogP contribution in [0.2, 0.25) is 5.15 Å². The fourth-order valence-electron chi connectivity index (χ4n) is 1.97. The molecule has 0 aliphatic carbocycles. The van der Waals surface area contributed by atoms with E-state index in [1.54, 1.807) is 25.3 Å². The van der Waals surface area contributed by atoms with Crippen molar-refractivity contribution in [2.24, 2.45) is 0 Å². The van der Waals surface area contributed by atoms with Crippen molar-refractivity contribution in [3.05, 3.63) is 53.4 Å². The van der Waals surface area contributed by atoms with Crippen molar-refractivity contribution in [3.8, 4) is 17.1 Å². The molecule has 5 heteroatoms. The van der Waals surface area contributed by atoms with Crippen LogP contribution in [0.4, 0.5) is 4.39 Å². The van der Waals surface area contributed by atoms with Crippen LogP contribution < -0.4 is 4.74 Å². The van der Waals surface area contributed by atoms with Gasteiger partial charge in [-0.05, 0) is 24.3 Å². The molecular formula is C15H10ClFN2O. The second-order valence-electron chi connectivity index (χ2n) is 4.21. The van der Waals surface area contributed by atoms with Gasteiger partial charge in [-0.2, -0.15) is 0 Å². The van der Waals surface area contributed by atoms with Crippen LogP contribution in [0, 0.1) is 5.82 Å². The molecule has 1 aromatic heterocycles. The second-order valence-corrected chi connectivity index (χ2v) is 4.56. The highest BCUT2D eigenvalue weighted by Crippen LogP contribution is 2.27. The highest BCUT2D eigenvalue weighted by Gasteiger charge is 2.11. The largest absolute Gasteiger partial charge is 0.497 e. The topological polar surface area (TPSA) is 35.0 Å². The molecule has 0 aliphatic rings. The molecule has 0 saturated heterocycles. The number of hydrogen-bond acceptors (Lipinski definition) is 3. The Bertz CT molecular complexity index is 792. The van der Waals surface area contributed by atoms with Crippen molar-refractivity contribution in [3.63, 3.8) is 0 Å². The summed E-state index contributed by atoms with van der Waals surface area (Å²) in [5.41, 5.74) is 0.932. The van der Waals surface area contributed by atoms with Crippen molar-refractivity contribution in [1.82, 2.24) is 9.97 Å². The molecule has 0 bridgehead atoms. The van der Waals surface area contributed by atoms with Gasteiger partial charge in [0.2, 0.25) is 0 Å². The van der Waals surface area contributed by atoms with Gasteiger partial charge in [0, 0.05) is 10.9 Å². The SMILES string of the molecule is COc1cccc(-c2nc(Cl)c3cccc(F)c3n2)c1. The van der Waals surface area contributed by atoms with E-state index >= 15 is 0 Å². The van der Waals surface area contributed by atoms with E-state index in [2.05, 4.69) is 9.97 Å². The number of halogens is 2. The quantitative estimate of drug-likeness (QED) is 0.666. The van der Waals surface area contributed by atoms with Gasteiger partial charge in [-0.3, -0.25) is 0 Å². The van der Waals surface area contributed by atoms with Gasteiger partial charge in [-0.1, -0.05) is 29.8 Å². The van der Waals surface area contributed by atoms with Gasteiger partial charge in [-0.25, -0.2) is 14.4 Å². The maximum Gasteiger partial charge on any atom is 0.161 e. The Hall–Kier alpha value is -2.20. The van der Waals surface area contributed by atoms with Crippen LogP contribution in [0.1, 0.15) is 0 Å². The van der Waals surface area contributed by atoms with E-state index < -0.39 is 5.82 Å². The number of fused-ring (bicyclic) bond motifs is 1. The van der Waals surface area contributed by atoms with Crippen LogP contribution in [-0.2, 0) is 0 Å². The monoisotopic (exact) mass is 288 g/mol. The molecule has 3 nitrogen and oxygen atoms in total. The number of para-hydroxylation sites is 1. The fraction of sp³-hybridized carbons (Fsp3) is 0.0667. The molecule has 0 radical (unpaired) electrons. The van der Waals surface area contributed by atoms with E-state index in [0.717, 1.165) is 5.56 Å². The Morgan fingerprint density at radius 3 is 2.70 bits per heavy atom. The molecule has 0 aliphatic heterocycles. The summed E-state index contributed by atoms with van der Waals surface area (Å²) in [6, 6.07) is 11.8. The number of rotatable bonds is 2. The van der Waals surface area contributed by atoms with E-state index in [1.165, 1.54) is 6.07 Å². The van der Waals surface area contributed by atoms with Crippen LogP contribution in [0.5, 0.6) is 5.75 Å². The van der Waals surface area contributed by atoms with Crippen molar-refractivity contribution in [1.29, 1.82) is 0 Å². The molecule has 2 aromatic carbocycles. The smallest absolute Gasteiger partial charge is 0.161 e. The normalized spacial score (nSPS) is 10.8. The van der Waals surface area contributed by atoms with Crippen LogP contribution in [0.15, 0.2) is 42.5 Å². The molecule has 0 fully saturated rings. The van der Waals surface area contributed by atoms with Gasteiger partial charge < -0.3 is 4.74 Å². The van der Waals surface area contributed by atoms with Gasteiger partial charge >= 0.3 is 0 Å². The maximum atomic E-state index is 13.8. The summed E-state index contributed by atoms with van der Waals surface area (Å²) in [7, 11) is 1.58. The molecule has 0 atom stereocenters. The predicted octanol–water partition coefficient (Wildman–Crippen LogP) is 4.10. The molecule has 0 saturated carbocycles. The zero-order valence-corrected chi connectivity index (χ0v) is 11.4. The lowest BCUT2D eigenvalue weighted by molar-refractivity contribution is 0.415. The third-order valence-electron chi connectivity index (χ3n) is 2.96. The van der Waals surface area contributed by atoms with Gasteiger partial charge in [0.1, 0.15) is 22.2 Å². The highest BCUT2D eigenvalue weighted by molar-refractivity contribution is 6.34. The Labute approximate surface area is 120 Å². The van der Waals surface area contributed by atoms with E-state index in [0.29, 0.717) is 17.0 Å². The summed E-state index contributed by atoms with van der Waals surface area (Å²) in [6.45, 7) is 0. The summed E-state index contributed by atoms with van der Waals surface area (Å²) >= 11 is 6.11. The molecular weight excluding hydrogens is 279 g/mol. The summed E-state index contributed by atoms with van der Waals surface area (Å²) in [6.07, 6.45) is 0. The van der Waals surface area contributed by atoms with Gasteiger partial charge in [-0.15, -0.1) is 0 Å². The first-order valence-corrected chi connectivity index (χ1v) is 6.33.